The molecule has 0 aliphatic carbocycles. The molecule has 4 aromatic heterocycles. The summed E-state index contributed by atoms with van der Waals surface area (Å²) in [5.74, 6) is -0.648. The third-order valence-electron chi connectivity index (χ3n) is 4.54. The minimum absolute atomic E-state index is 0.278. The Bertz CT molecular complexity index is 1300. The third kappa shape index (κ3) is 3.32. The number of nitrogens with one attached hydrogen (secondary N) is 3. The van der Waals surface area contributed by atoms with E-state index in [-0.39, 0.29) is 11.1 Å². The van der Waals surface area contributed by atoms with Gasteiger partial charge in [-0.05, 0) is 31.5 Å². The summed E-state index contributed by atoms with van der Waals surface area (Å²) in [7, 11) is 0. The molecular weight excluding hydrogens is 388 g/mol. The highest BCUT2D eigenvalue weighted by Crippen LogP contribution is 2.14. The Morgan fingerprint density at radius 3 is 2.67 bits per heavy atom. The van der Waals surface area contributed by atoms with Crippen molar-refractivity contribution in [3.8, 4) is 5.82 Å². The van der Waals surface area contributed by atoms with Gasteiger partial charge in [0.05, 0.1) is 23.1 Å². The Morgan fingerprint density at radius 2 is 1.93 bits per heavy atom. The van der Waals surface area contributed by atoms with Crippen LogP contribution < -0.4 is 16.4 Å². The number of amides is 2. The molecule has 0 aromatic carbocycles. The zero-order valence-corrected chi connectivity index (χ0v) is 16.2. The number of carbonyl (C=O) groups is 2. The zero-order chi connectivity index (χ0) is 21.3. The van der Waals surface area contributed by atoms with Gasteiger partial charge in [-0.25, -0.2) is 14.8 Å². The Labute approximate surface area is 169 Å². The fourth-order valence-electron chi connectivity index (χ4n) is 3.18. The molecule has 4 rings (SSSR count). The molecular formula is C19H18N8O3. The Morgan fingerprint density at radius 1 is 1.13 bits per heavy atom. The number of aromatic amines is 1. The number of hydrogen-bond donors (Lipinski definition) is 3. The number of nitrogens with zero attached hydrogens (tertiary/aromatic N) is 5. The SMILES string of the molecule is CCc1c(C(=O)NNC(=O)c2c(C)nc3ccccn23)cnn1-c1ccc(=O)[nH]n1. The molecule has 0 atom stereocenters. The molecule has 3 N–H and O–H groups in total. The lowest BCUT2D eigenvalue weighted by Crippen LogP contribution is -2.42. The van der Waals surface area contributed by atoms with Crippen molar-refractivity contribution in [3.05, 3.63) is 75.7 Å². The maximum atomic E-state index is 12.7. The van der Waals surface area contributed by atoms with Gasteiger partial charge in [-0.3, -0.25) is 29.6 Å². The lowest BCUT2D eigenvalue weighted by molar-refractivity contribution is 0.0842. The number of rotatable bonds is 4. The zero-order valence-electron chi connectivity index (χ0n) is 16.2. The summed E-state index contributed by atoms with van der Waals surface area (Å²) in [5, 5.41) is 10.4. The average molecular weight is 406 g/mol. The van der Waals surface area contributed by atoms with Crippen molar-refractivity contribution in [2.75, 3.05) is 0 Å². The van der Waals surface area contributed by atoms with Gasteiger partial charge in [0.1, 0.15) is 11.3 Å². The van der Waals surface area contributed by atoms with Crippen LogP contribution in [0.3, 0.4) is 0 Å². The second kappa shape index (κ2) is 7.62. The van der Waals surface area contributed by atoms with E-state index in [1.807, 2.05) is 13.0 Å². The number of hydrazine groups is 1. The van der Waals surface area contributed by atoms with Gasteiger partial charge < -0.3 is 0 Å². The van der Waals surface area contributed by atoms with Crippen molar-refractivity contribution in [1.82, 2.24) is 40.2 Å². The summed E-state index contributed by atoms with van der Waals surface area (Å²) in [6, 6.07) is 8.22. The summed E-state index contributed by atoms with van der Waals surface area (Å²) in [5.41, 5.74) is 6.86. The van der Waals surface area contributed by atoms with E-state index in [2.05, 4.69) is 31.1 Å². The van der Waals surface area contributed by atoms with Crippen LogP contribution in [0.4, 0.5) is 0 Å². The van der Waals surface area contributed by atoms with Gasteiger partial charge in [0, 0.05) is 12.3 Å². The quantitative estimate of drug-likeness (QED) is 0.423. The Kier molecular flexibility index (Phi) is 4.84. The van der Waals surface area contributed by atoms with Gasteiger partial charge in [-0.1, -0.05) is 13.0 Å². The summed E-state index contributed by atoms with van der Waals surface area (Å²) >= 11 is 0. The van der Waals surface area contributed by atoms with Crippen LogP contribution in [-0.4, -0.2) is 41.2 Å². The van der Waals surface area contributed by atoms with Gasteiger partial charge in [0.2, 0.25) is 0 Å². The van der Waals surface area contributed by atoms with Gasteiger partial charge in [0.25, 0.3) is 17.4 Å². The van der Waals surface area contributed by atoms with E-state index in [0.29, 0.717) is 35.0 Å². The Balaban J connectivity index is 1.54. The predicted molar refractivity (Wildman–Crippen MR) is 106 cm³/mol. The highest BCUT2D eigenvalue weighted by Gasteiger charge is 2.20. The summed E-state index contributed by atoms with van der Waals surface area (Å²) < 4.78 is 3.11. The molecule has 0 spiro atoms. The maximum absolute atomic E-state index is 12.7. The van der Waals surface area contributed by atoms with Crippen LogP contribution in [0.1, 0.15) is 39.2 Å². The number of hydrogen-bond acceptors (Lipinski definition) is 6. The van der Waals surface area contributed by atoms with Gasteiger partial charge in [0.15, 0.2) is 5.82 Å². The lowest BCUT2D eigenvalue weighted by Gasteiger charge is -2.09. The topological polar surface area (TPSA) is 139 Å². The fourth-order valence-corrected chi connectivity index (χ4v) is 3.18. The van der Waals surface area contributed by atoms with Gasteiger partial charge >= 0.3 is 0 Å². The van der Waals surface area contributed by atoms with Gasteiger partial charge in [-0.15, -0.1) is 0 Å². The minimum Gasteiger partial charge on any atom is -0.295 e. The smallest absolute Gasteiger partial charge is 0.288 e. The molecule has 0 fully saturated rings. The molecule has 152 valence electrons. The van der Waals surface area contributed by atoms with E-state index in [4.69, 9.17) is 0 Å². The summed E-state index contributed by atoms with van der Waals surface area (Å²) in [6.07, 6.45) is 3.58. The molecule has 2 amide bonds. The van der Waals surface area contributed by atoms with Crippen molar-refractivity contribution >= 4 is 17.5 Å². The van der Waals surface area contributed by atoms with E-state index >= 15 is 0 Å². The molecule has 0 aliphatic heterocycles. The molecule has 0 aliphatic rings. The summed E-state index contributed by atoms with van der Waals surface area (Å²) in [6.45, 7) is 3.58. The molecule has 11 heteroatoms. The van der Waals surface area contributed by atoms with Crippen LogP contribution >= 0.6 is 0 Å². The van der Waals surface area contributed by atoms with Crippen molar-refractivity contribution in [1.29, 1.82) is 0 Å². The van der Waals surface area contributed by atoms with Crippen LogP contribution in [0.2, 0.25) is 0 Å². The molecule has 0 unspecified atom stereocenters. The summed E-state index contributed by atoms with van der Waals surface area (Å²) in [4.78, 5) is 40.9. The van der Waals surface area contributed by atoms with E-state index in [1.54, 1.807) is 29.7 Å². The predicted octanol–water partition coefficient (Wildman–Crippen LogP) is 0.549. The molecule has 0 saturated heterocycles. The first kappa shape index (κ1) is 19.1. The molecule has 4 aromatic rings. The molecule has 30 heavy (non-hydrogen) atoms. The number of pyridine rings is 1. The number of aryl methyl sites for hydroxylation is 1. The van der Waals surface area contributed by atoms with Crippen LogP contribution in [0.5, 0.6) is 0 Å². The second-order valence-corrected chi connectivity index (χ2v) is 6.43. The van der Waals surface area contributed by atoms with Gasteiger partial charge in [-0.2, -0.15) is 10.2 Å². The van der Waals surface area contributed by atoms with Crippen LogP contribution in [0.15, 0.2) is 47.5 Å². The van der Waals surface area contributed by atoms with Crippen LogP contribution in [0, 0.1) is 6.92 Å². The largest absolute Gasteiger partial charge is 0.295 e. The van der Waals surface area contributed by atoms with Crippen molar-refractivity contribution < 1.29 is 9.59 Å². The van der Waals surface area contributed by atoms with E-state index in [1.165, 1.54) is 23.0 Å². The van der Waals surface area contributed by atoms with Crippen molar-refractivity contribution in [2.24, 2.45) is 0 Å². The maximum Gasteiger partial charge on any atom is 0.288 e. The number of aromatic nitrogens is 6. The molecule has 11 nitrogen and oxygen atoms in total. The molecule has 0 radical (unpaired) electrons. The standard InChI is InChI=1S/C19H18N8O3/c1-3-13-12(10-20-27(13)15-7-8-16(28)23-22-15)18(29)24-25-19(30)17-11(2)21-14-6-4-5-9-26(14)17/h4-10H,3H2,1-2H3,(H,23,28)(H,24,29)(H,25,30). The van der Waals surface area contributed by atoms with E-state index in [9.17, 15) is 14.4 Å². The average Bonchev–Trinajstić information content (AvgIpc) is 3.32. The van der Waals surface area contributed by atoms with E-state index < -0.39 is 11.8 Å². The highest BCUT2D eigenvalue weighted by atomic mass is 16.2. The molecule has 0 bridgehead atoms. The molecule has 0 saturated carbocycles. The normalized spacial score (nSPS) is 10.9. The Hall–Kier alpha value is -4.28. The number of imidazole rings is 1. The third-order valence-corrected chi connectivity index (χ3v) is 4.54. The van der Waals surface area contributed by atoms with Crippen molar-refractivity contribution in [3.63, 3.8) is 0 Å². The number of fused-ring (bicyclic) bond motifs is 1. The highest BCUT2D eigenvalue weighted by molar-refractivity contribution is 5.99. The van der Waals surface area contributed by atoms with E-state index in [0.717, 1.165) is 0 Å². The first-order valence-electron chi connectivity index (χ1n) is 9.17. The number of carbonyl (C=O) groups excluding carboxylic acids is 2. The van der Waals surface area contributed by atoms with Crippen LogP contribution in [0.25, 0.3) is 11.5 Å². The molecule has 4 heterocycles. The monoisotopic (exact) mass is 406 g/mol. The van der Waals surface area contributed by atoms with Crippen LogP contribution in [-0.2, 0) is 6.42 Å². The first-order chi connectivity index (χ1) is 14.5. The minimum atomic E-state index is -0.526. The lowest BCUT2D eigenvalue weighted by atomic mass is 10.2. The fraction of sp³-hybridized carbons (Fsp3) is 0.158. The second-order valence-electron chi connectivity index (χ2n) is 6.43. The first-order valence-corrected chi connectivity index (χ1v) is 9.17. The van der Waals surface area contributed by atoms with Crippen molar-refractivity contribution in [2.45, 2.75) is 20.3 Å². The number of H-pyrrole nitrogens is 1.